The first-order valence-corrected chi connectivity index (χ1v) is 13.0. The van der Waals surface area contributed by atoms with Crippen LogP contribution in [0.4, 0.5) is 8.78 Å². The number of rotatable bonds is 7. The maximum atomic E-state index is 13.6. The molecule has 168 valence electrons. The van der Waals surface area contributed by atoms with Crippen molar-refractivity contribution >= 4 is 27.3 Å². The maximum absolute atomic E-state index is 13.6. The number of carbonyl (C=O) groups excluding carboxylic acids is 1. The molecule has 1 aliphatic carbocycles. The zero-order valence-corrected chi connectivity index (χ0v) is 18.8. The molecule has 1 aromatic carbocycles. The smallest absolute Gasteiger partial charge is 0.225 e. The molecule has 2 atom stereocenters. The molecule has 2 aromatic rings. The number of halogens is 2. The number of likely N-dealkylation sites (tertiary alicyclic amines) is 1. The monoisotopic (exact) mass is 469 g/mol. The Morgan fingerprint density at radius 2 is 1.94 bits per heavy atom. The van der Waals surface area contributed by atoms with Gasteiger partial charge in [-0.1, -0.05) is 6.42 Å². The lowest BCUT2D eigenvalue weighted by molar-refractivity contribution is -0.139. The first kappa shape index (κ1) is 22.3. The summed E-state index contributed by atoms with van der Waals surface area (Å²) in [5, 5.41) is 2.28. The van der Waals surface area contributed by atoms with Crippen LogP contribution in [0, 0.1) is 17.6 Å². The van der Waals surface area contributed by atoms with Crippen LogP contribution in [0.1, 0.15) is 38.3 Å². The Balaban J connectivity index is 1.57. The second-order valence-corrected chi connectivity index (χ2v) is 11.1. The standard InChI is InChI=1S/C21H25F2N3O3S2/c1-2-31(28,29)25-18-6-7-26(21(27)13-4-3-5-13)19(18)11-17-12-30-20(24-17)14-8-15(22)10-16(23)9-14/h8-10,12-13,18-19,25H,2-7,11H2,1H3. The summed E-state index contributed by atoms with van der Waals surface area (Å²) in [5.74, 6) is -1.27. The molecule has 6 nitrogen and oxygen atoms in total. The van der Waals surface area contributed by atoms with Gasteiger partial charge in [0.15, 0.2) is 0 Å². The Labute approximate surface area is 184 Å². The molecule has 0 radical (unpaired) electrons. The number of sulfonamides is 1. The van der Waals surface area contributed by atoms with E-state index in [2.05, 4.69) is 9.71 Å². The van der Waals surface area contributed by atoms with Gasteiger partial charge in [-0.15, -0.1) is 11.3 Å². The molecule has 2 aliphatic rings. The molecule has 2 heterocycles. The Morgan fingerprint density at radius 1 is 1.23 bits per heavy atom. The van der Waals surface area contributed by atoms with Gasteiger partial charge in [-0.25, -0.2) is 26.9 Å². The Bertz CT molecular complexity index is 1050. The summed E-state index contributed by atoms with van der Waals surface area (Å²) in [6.07, 6.45) is 3.72. The van der Waals surface area contributed by atoms with Crippen molar-refractivity contribution in [2.75, 3.05) is 12.3 Å². The summed E-state index contributed by atoms with van der Waals surface area (Å²) in [6, 6.07) is 2.54. The van der Waals surface area contributed by atoms with E-state index < -0.39 is 21.7 Å². The first-order valence-electron chi connectivity index (χ1n) is 10.5. The fourth-order valence-electron chi connectivity index (χ4n) is 4.15. The predicted octanol–water partition coefficient (Wildman–Crippen LogP) is 3.34. The van der Waals surface area contributed by atoms with Crippen LogP contribution in [0.3, 0.4) is 0 Å². The fraction of sp³-hybridized carbons (Fsp3) is 0.524. The van der Waals surface area contributed by atoms with E-state index in [4.69, 9.17) is 0 Å². The average molecular weight is 470 g/mol. The largest absolute Gasteiger partial charge is 0.337 e. The van der Waals surface area contributed by atoms with E-state index in [0.29, 0.717) is 35.7 Å². The normalized spacial score (nSPS) is 22.0. The molecule has 4 rings (SSSR count). The molecule has 0 spiro atoms. The van der Waals surface area contributed by atoms with Crippen molar-refractivity contribution < 1.29 is 22.0 Å². The predicted molar refractivity (Wildman–Crippen MR) is 115 cm³/mol. The Kier molecular flexibility index (Phi) is 6.41. The van der Waals surface area contributed by atoms with Crippen LogP contribution in [0.15, 0.2) is 23.6 Å². The van der Waals surface area contributed by atoms with Crippen LogP contribution in [0.5, 0.6) is 0 Å². The highest BCUT2D eigenvalue weighted by molar-refractivity contribution is 7.89. The van der Waals surface area contributed by atoms with Crippen molar-refractivity contribution in [3.05, 3.63) is 40.9 Å². The van der Waals surface area contributed by atoms with Gasteiger partial charge in [0.2, 0.25) is 15.9 Å². The van der Waals surface area contributed by atoms with E-state index in [1.54, 1.807) is 17.2 Å². The van der Waals surface area contributed by atoms with Gasteiger partial charge in [0.05, 0.1) is 17.5 Å². The van der Waals surface area contributed by atoms with Crippen LogP contribution >= 0.6 is 11.3 Å². The van der Waals surface area contributed by atoms with Gasteiger partial charge in [-0.3, -0.25) is 4.79 Å². The number of carbonyl (C=O) groups is 1. The number of thiazole rings is 1. The molecule has 2 unspecified atom stereocenters. The highest BCUT2D eigenvalue weighted by Crippen LogP contribution is 2.33. The number of hydrogen-bond donors (Lipinski definition) is 1. The van der Waals surface area contributed by atoms with Gasteiger partial charge in [-0.2, -0.15) is 0 Å². The summed E-state index contributed by atoms with van der Waals surface area (Å²) in [5.41, 5.74) is 1.02. The van der Waals surface area contributed by atoms with Crippen LogP contribution in [-0.4, -0.2) is 48.6 Å². The highest BCUT2D eigenvalue weighted by atomic mass is 32.2. The number of nitrogens with zero attached hydrogens (tertiary/aromatic N) is 2. The molecule has 1 aliphatic heterocycles. The topological polar surface area (TPSA) is 79.4 Å². The zero-order valence-electron chi connectivity index (χ0n) is 17.2. The number of amides is 1. The lowest BCUT2D eigenvalue weighted by Crippen LogP contribution is -2.50. The van der Waals surface area contributed by atoms with Crippen molar-refractivity contribution in [2.45, 2.75) is 51.1 Å². The summed E-state index contributed by atoms with van der Waals surface area (Å²) in [7, 11) is -3.43. The second kappa shape index (κ2) is 8.91. The number of nitrogens with one attached hydrogen (secondary N) is 1. The summed E-state index contributed by atoms with van der Waals surface area (Å²) in [4.78, 5) is 19.3. The molecule has 2 fully saturated rings. The lowest BCUT2D eigenvalue weighted by atomic mass is 9.84. The zero-order chi connectivity index (χ0) is 22.2. The minimum Gasteiger partial charge on any atom is -0.337 e. The van der Waals surface area contributed by atoms with Crippen molar-refractivity contribution in [3.63, 3.8) is 0 Å². The third kappa shape index (κ3) is 4.96. The summed E-state index contributed by atoms with van der Waals surface area (Å²) >= 11 is 1.27. The third-order valence-corrected chi connectivity index (χ3v) is 8.44. The van der Waals surface area contributed by atoms with E-state index in [-0.39, 0.29) is 29.7 Å². The summed E-state index contributed by atoms with van der Waals surface area (Å²) in [6.45, 7) is 2.08. The summed E-state index contributed by atoms with van der Waals surface area (Å²) < 4.78 is 54.3. The van der Waals surface area contributed by atoms with E-state index in [0.717, 1.165) is 25.3 Å². The number of aromatic nitrogens is 1. The molecule has 10 heteroatoms. The van der Waals surface area contributed by atoms with E-state index in [9.17, 15) is 22.0 Å². The molecule has 1 aromatic heterocycles. The molecular formula is C21H25F2N3O3S2. The van der Waals surface area contributed by atoms with E-state index in [1.807, 2.05) is 0 Å². The SMILES string of the molecule is CCS(=O)(=O)NC1CCN(C(=O)C2CCC2)C1Cc1csc(-c2cc(F)cc(F)c2)n1. The second-order valence-electron chi connectivity index (χ2n) is 8.15. The molecule has 1 saturated heterocycles. The highest BCUT2D eigenvalue weighted by Gasteiger charge is 2.42. The van der Waals surface area contributed by atoms with Gasteiger partial charge >= 0.3 is 0 Å². The van der Waals surface area contributed by atoms with Crippen LogP contribution in [0.2, 0.25) is 0 Å². The molecule has 1 N–H and O–H groups in total. The van der Waals surface area contributed by atoms with Gasteiger partial charge in [0, 0.05) is 41.9 Å². The van der Waals surface area contributed by atoms with E-state index in [1.165, 1.54) is 23.5 Å². The van der Waals surface area contributed by atoms with Crippen molar-refractivity contribution in [1.82, 2.24) is 14.6 Å². The molecule has 31 heavy (non-hydrogen) atoms. The van der Waals surface area contributed by atoms with Gasteiger partial charge < -0.3 is 4.90 Å². The minimum atomic E-state index is -3.43. The van der Waals surface area contributed by atoms with Crippen LogP contribution in [-0.2, 0) is 21.2 Å². The number of hydrogen-bond acceptors (Lipinski definition) is 5. The maximum Gasteiger partial charge on any atom is 0.225 e. The van der Waals surface area contributed by atoms with Crippen molar-refractivity contribution in [3.8, 4) is 10.6 Å². The molecule has 1 saturated carbocycles. The minimum absolute atomic E-state index is 0.0188. The number of benzene rings is 1. The molecule has 1 amide bonds. The van der Waals surface area contributed by atoms with E-state index >= 15 is 0 Å². The lowest BCUT2D eigenvalue weighted by Gasteiger charge is -2.34. The fourth-order valence-corrected chi connectivity index (χ4v) is 5.87. The van der Waals surface area contributed by atoms with Gasteiger partial charge in [0.25, 0.3) is 0 Å². The van der Waals surface area contributed by atoms with Crippen LogP contribution in [0.25, 0.3) is 10.6 Å². The third-order valence-electron chi connectivity index (χ3n) is 6.07. The Morgan fingerprint density at radius 3 is 2.55 bits per heavy atom. The quantitative estimate of drug-likeness (QED) is 0.675. The van der Waals surface area contributed by atoms with Gasteiger partial charge in [0.1, 0.15) is 16.6 Å². The molecule has 0 bridgehead atoms. The van der Waals surface area contributed by atoms with Crippen molar-refractivity contribution in [1.29, 1.82) is 0 Å². The molecular weight excluding hydrogens is 444 g/mol. The Hall–Kier alpha value is -1.91. The van der Waals surface area contributed by atoms with Crippen LogP contribution < -0.4 is 4.72 Å². The average Bonchev–Trinajstić information content (AvgIpc) is 3.27. The van der Waals surface area contributed by atoms with Gasteiger partial charge in [-0.05, 0) is 38.3 Å². The van der Waals surface area contributed by atoms with Crippen molar-refractivity contribution in [2.24, 2.45) is 5.92 Å². The first-order chi connectivity index (χ1) is 14.8.